The van der Waals surface area contributed by atoms with Gasteiger partial charge in [0.2, 0.25) is 0 Å². The topological polar surface area (TPSA) is 50.1 Å². The van der Waals surface area contributed by atoms with Crippen molar-refractivity contribution in [1.29, 1.82) is 5.26 Å². The predicted octanol–water partition coefficient (Wildman–Crippen LogP) is 2.28. The number of carbonyl (C=O) groups excluding carboxylic acids is 1. The van der Waals surface area contributed by atoms with Crippen LogP contribution in [0.15, 0.2) is 24.3 Å². The molecular weight excluding hydrogens is 202 g/mol. The van der Waals surface area contributed by atoms with Gasteiger partial charge in [-0.15, -0.1) is 0 Å². The molecule has 1 fully saturated rings. The number of benzene rings is 1. The van der Waals surface area contributed by atoms with E-state index in [1.54, 1.807) is 31.4 Å². The summed E-state index contributed by atoms with van der Waals surface area (Å²) in [7, 11) is 1.59. The van der Waals surface area contributed by atoms with Crippen LogP contribution in [0.25, 0.3) is 0 Å². The SMILES string of the molecule is COc1ccc([C@@H](C#N)C(=O)C2CC2)cc1. The maximum absolute atomic E-state index is 11.8. The summed E-state index contributed by atoms with van der Waals surface area (Å²) >= 11 is 0. The van der Waals surface area contributed by atoms with E-state index in [2.05, 4.69) is 6.07 Å². The van der Waals surface area contributed by atoms with Crippen molar-refractivity contribution in [3.63, 3.8) is 0 Å². The Kier molecular flexibility index (Phi) is 2.91. The molecule has 0 aromatic heterocycles. The summed E-state index contributed by atoms with van der Waals surface area (Å²) in [5, 5.41) is 9.05. The van der Waals surface area contributed by atoms with Crippen molar-refractivity contribution in [1.82, 2.24) is 0 Å². The standard InChI is InChI=1S/C13H13NO2/c1-16-11-6-4-9(5-7-11)12(8-14)13(15)10-2-3-10/h4-7,10,12H,2-3H2,1H3/t12-/m1/s1. The second kappa shape index (κ2) is 4.36. The van der Waals surface area contributed by atoms with E-state index in [9.17, 15) is 4.79 Å². The van der Waals surface area contributed by atoms with Crippen molar-refractivity contribution < 1.29 is 9.53 Å². The zero-order valence-electron chi connectivity index (χ0n) is 9.14. The first kappa shape index (κ1) is 10.7. The Morgan fingerprint density at radius 3 is 2.50 bits per heavy atom. The molecule has 82 valence electrons. The summed E-state index contributed by atoms with van der Waals surface area (Å²) < 4.78 is 5.03. The first-order valence-electron chi connectivity index (χ1n) is 5.33. The smallest absolute Gasteiger partial charge is 0.157 e. The van der Waals surface area contributed by atoms with Crippen molar-refractivity contribution in [3.05, 3.63) is 29.8 Å². The lowest BCUT2D eigenvalue weighted by molar-refractivity contribution is -0.120. The number of hydrogen-bond acceptors (Lipinski definition) is 3. The maximum Gasteiger partial charge on any atom is 0.157 e. The fraction of sp³-hybridized carbons (Fsp3) is 0.385. The summed E-state index contributed by atoms with van der Waals surface area (Å²) in [5.41, 5.74) is 0.764. The van der Waals surface area contributed by atoms with Crippen LogP contribution in [0.1, 0.15) is 24.3 Å². The van der Waals surface area contributed by atoms with Crippen LogP contribution in [0, 0.1) is 17.2 Å². The van der Waals surface area contributed by atoms with E-state index in [4.69, 9.17) is 10.00 Å². The molecule has 0 heterocycles. The molecule has 1 aromatic rings. The number of Topliss-reactive ketones (excluding diaryl/α,β-unsaturated/α-hetero) is 1. The van der Waals surface area contributed by atoms with Crippen molar-refractivity contribution >= 4 is 5.78 Å². The predicted molar refractivity (Wildman–Crippen MR) is 59.1 cm³/mol. The van der Waals surface area contributed by atoms with Gasteiger partial charge < -0.3 is 4.74 Å². The minimum absolute atomic E-state index is 0.0627. The molecule has 1 aliphatic carbocycles. The number of ether oxygens (including phenoxy) is 1. The summed E-state index contributed by atoms with van der Waals surface area (Å²) in [6.45, 7) is 0. The molecule has 16 heavy (non-hydrogen) atoms. The van der Waals surface area contributed by atoms with Gasteiger partial charge in [0, 0.05) is 5.92 Å². The van der Waals surface area contributed by atoms with Crippen LogP contribution < -0.4 is 4.74 Å². The normalized spacial score (nSPS) is 16.2. The van der Waals surface area contributed by atoms with Crippen molar-refractivity contribution in [2.24, 2.45) is 5.92 Å². The van der Waals surface area contributed by atoms with Gasteiger partial charge in [-0.05, 0) is 30.5 Å². The molecule has 3 heteroatoms. The molecule has 1 aromatic carbocycles. The Bertz CT molecular complexity index is 426. The van der Waals surface area contributed by atoms with E-state index in [-0.39, 0.29) is 11.7 Å². The average molecular weight is 215 g/mol. The van der Waals surface area contributed by atoms with Crippen LogP contribution in [0.5, 0.6) is 5.75 Å². The van der Waals surface area contributed by atoms with Crippen LogP contribution in [0.2, 0.25) is 0 Å². The molecule has 0 amide bonds. The largest absolute Gasteiger partial charge is 0.497 e. The van der Waals surface area contributed by atoms with Gasteiger partial charge in [0.1, 0.15) is 11.7 Å². The summed E-state index contributed by atoms with van der Waals surface area (Å²) in [6, 6.07) is 9.21. The van der Waals surface area contributed by atoms with E-state index in [1.165, 1.54) is 0 Å². The van der Waals surface area contributed by atoms with Crippen LogP contribution in [-0.2, 0) is 4.79 Å². The molecule has 0 N–H and O–H groups in total. The molecular formula is C13H13NO2. The molecule has 0 bridgehead atoms. The Hall–Kier alpha value is -1.82. The van der Waals surface area contributed by atoms with Gasteiger partial charge in [0.25, 0.3) is 0 Å². The van der Waals surface area contributed by atoms with E-state index >= 15 is 0 Å². The molecule has 2 rings (SSSR count). The fourth-order valence-corrected chi connectivity index (χ4v) is 1.70. The first-order chi connectivity index (χ1) is 7.76. The van der Waals surface area contributed by atoms with E-state index < -0.39 is 5.92 Å². The summed E-state index contributed by atoms with van der Waals surface area (Å²) in [5.74, 6) is 0.303. The highest BCUT2D eigenvalue weighted by Crippen LogP contribution is 2.35. The number of carbonyl (C=O) groups is 1. The third-order valence-corrected chi connectivity index (χ3v) is 2.84. The van der Waals surface area contributed by atoms with E-state index in [0.717, 1.165) is 24.2 Å². The van der Waals surface area contributed by atoms with Crippen LogP contribution in [0.4, 0.5) is 0 Å². The van der Waals surface area contributed by atoms with Gasteiger partial charge in [-0.1, -0.05) is 12.1 Å². The monoisotopic (exact) mass is 215 g/mol. The van der Waals surface area contributed by atoms with Gasteiger partial charge in [0.15, 0.2) is 5.78 Å². The van der Waals surface area contributed by atoms with E-state index in [1.807, 2.05) is 0 Å². The zero-order valence-corrected chi connectivity index (χ0v) is 9.14. The molecule has 3 nitrogen and oxygen atoms in total. The zero-order chi connectivity index (χ0) is 11.5. The van der Waals surface area contributed by atoms with Crippen molar-refractivity contribution in [2.45, 2.75) is 18.8 Å². The number of methoxy groups -OCH3 is 1. The highest BCUT2D eigenvalue weighted by molar-refractivity contribution is 5.92. The molecule has 1 saturated carbocycles. The quantitative estimate of drug-likeness (QED) is 0.774. The molecule has 1 aliphatic rings. The fourth-order valence-electron chi connectivity index (χ4n) is 1.70. The number of ketones is 1. The Morgan fingerprint density at radius 1 is 1.44 bits per heavy atom. The van der Waals surface area contributed by atoms with Gasteiger partial charge in [0.05, 0.1) is 13.2 Å². The van der Waals surface area contributed by atoms with Gasteiger partial charge in [-0.3, -0.25) is 4.79 Å². The Morgan fingerprint density at radius 2 is 2.06 bits per heavy atom. The lowest BCUT2D eigenvalue weighted by Gasteiger charge is -2.08. The number of rotatable bonds is 4. The van der Waals surface area contributed by atoms with Crippen LogP contribution in [-0.4, -0.2) is 12.9 Å². The lowest BCUT2D eigenvalue weighted by atomic mass is 9.93. The molecule has 0 spiro atoms. The number of nitrogens with zero attached hydrogens (tertiary/aromatic N) is 1. The first-order valence-corrected chi connectivity index (χ1v) is 5.33. The minimum atomic E-state index is -0.613. The highest BCUT2D eigenvalue weighted by Gasteiger charge is 2.35. The average Bonchev–Trinajstić information content (AvgIpc) is 3.14. The van der Waals surface area contributed by atoms with Gasteiger partial charge >= 0.3 is 0 Å². The second-order valence-electron chi connectivity index (χ2n) is 4.01. The molecule has 0 aliphatic heterocycles. The Balaban J connectivity index is 2.19. The number of hydrogen-bond donors (Lipinski definition) is 0. The molecule has 0 saturated heterocycles. The summed E-state index contributed by atoms with van der Waals surface area (Å²) in [6.07, 6.45) is 1.88. The van der Waals surface area contributed by atoms with E-state index in [0.29, 0.717) is 0 Å². The number of nitriles is 1. The Labute approximate surface area is 94.6 Å². The molecule has 1 atom stereocenters. The molecule has 0 unspecified atom stereocenters. The minimum Gasteiger partial charge on any atom is -0.497 e. The van der Waals surface area contributed by atoms with Gasteiger partial charge in [-0.2, -0.15) is 5.26 Å². The second-order valence-corrected chi connectivity index (χ2v) is 4.01. The van der Waals surface area contributed by atoms with Crippen molar-refractivity contribution in [2.75, 3.05) is 7.11 Å². The summed E-state index contributed by atoms with van der Waals surface area (Å²) in [4.78, 5) is 11.8. The van der Waals surface area contributed by atoms with Crippen LogP contribution >= 0.6 is 0 Å². The van der Waals surface area contributed by atoms with Crippen molar-refractivity contribution in [3.8, 4) is 11.8 Å². The molecule has 0 radical (unpaired) electrons. The van der Waals surface area contributed by atoms with Gasteiger partial charge in [-0.25, -0.2) is 0 Å². The third-order valence-electron chi connectivity index (χ3n) is 2.84. The lowest BCUT2D eigenvalue weighted by Crippen LogP contribution is -2.12. The third kappa shape index (κ3) is 2.06. The maximum atomic E-state index is 11.8. The van der Waals surface area contributed by atoms with Crippen LogP contribution in [0.3, 0.4) is 0 Å². The highest BCUT2D eigenvalue weighted by atomic mass is 16.5.